The maximum atomic E-state index is 12.5. The van der Waals surface area contributed by atoms with Crippen molar-refractivity contribution in [2.24, 2.45) is 14.1 Å². The quantitative estimate of drug-likeness (QED) is 0.826. The summed E-state index contributed by atoms with van der Waals surface area (Å²) in [6, 6.07) is 2.44. The van der Waals surface area contributed by atoms with E-state index >= 15 is 0 Å². The summed E-state index contributed by atoms with van der Waals surface area (Å²) in [5, 5.41) is 7.40. The first-order valence-corrected chi connectivity index (χ1v) is 4.70. The molecular weight excluding hydrogens is 235 g/mol. The number of nitrogens with zero attached hydrogens (tertiary/aromatic N) is 4. The van der Waals surface area contributed by atoms with Gasteiger partial charge in [0.2, 0.25) is 0 Å². The van der Waals surface area contributed by atoms with Crippen LogP contribution in [0.15, 0.2) is 12.1 Å². The zero-order valence-corrected chi connectivity index (χ0v) is 9.15. The molecule has 0 fully saturated rings. The molecular formula is C9H10F3N5. The zero-order valence-electron chi connectivity index (χ0n) is 9.15. The highest BCUT2D eigenvalue weighted by Gasteiger charge is 2.34. The second-order valence-corrected chi connectivity index (χ2v) is 3.61. The summed E-state index contributed by atoms with van der Waals surface area (Å²) in [7, 11) is 3.04. The Bertz CT molecular complexity index is 532. The summed E-state index contributed by atoms with van der Waals surface area (Å²) < 4.78 is 39.9. The van der Waals surface area contributed by atoms with Gasteiger partial charge in [-0.05, 0) is 6.07 Å². The summed E-state index contributed by atoms with van der Waals surface area (Å²) in [5.41, 5.74) is 5.25. The summed E-state index contributed by atoms with van der Waals surface area (Å²) in [6.07, 6.45) is -4.46. The molecule has 8 heteroatoms. The van der Waals surface area contributed by atoms with E-state index in [2.05, 4.69) is 10.2 Å². The molecule has 0 unspecified atom stereocenters. The van der Waals surface area contributed by atoms with E-state index in [4.69, 9.17) is 5.73 Å². The van der Waals surface area contributed by atoms with Crippen molar-refractivity contribution in [1.29, 1.82) is 0 Å². The number of nitrogen functional groups attached to an aromatic ring is 1. The molecule has 0 aliphatic carbocycles. The molecule has 2 heterocycles. The fourth-order valence-electron chi connectivity index (χ4n) is 1.45. The van der Waals surface area contributed by atoms with Crippen molar-refractivity contribution < 1.29 is 13.2 Å². The number of alkyl halides is 3. The maximum absolute atomic E-state index is 12.5. The Morgan fingerprint density at radius 3 is 2.18 bits per heavy atom. The van der Waals surface area contributed by atoms with Gasteiger partial charge in [0.25, 0.3) is 0 Å². The molecule has 0 spiro atoms. The predicted octanol–water partition coefficient (Wildman–Crippen LogP) is 1.42. The van der Waals surface area contributed by atoms with Crippen LogP contribution >= 0.6 is 0 Å². The first-order chi connectivity index (χ1) is 7.79. The highest BCUT2D eigenvalue weighted by atomic mass is 19.4. The van der Waals surface area contributed by atoms with Crippen LogP contribution in [0.2, 0.25) is 0 Å². The molecule has 0 amide bonds. The smallest absolute Gasteiger partial charge is 0.384 e. The van der Waals surface area contributed by atoms with Gasteiger partial charge in [-0.25, -0.2) is 0 Å². The number of nitrogens with two attached hydrogens (primary N) is 1. The van der Waals surface area contributed by atoms with Crippen molar-refractivity contribution in [3.05, 3.63) is 17.8 Å². The summed E-state index contributed by atoms with van der Waals surface area (Å²) in [6.45, 7) is 0. The van der Waals surface area contributed by atoms with Gasteiger partial charge in [-0.2, -0.15) is 23.4 Å². The van der Waals surface area contributed by atoms with Gasteiger partial charge < -0.3 is 5.73 Å². The van der Waals surface area contributed by atoms with E-state index in [9.17, 15) is 13.2 Å². The Balaban J connectivity index is 2.50. The van der Waals surface area contributed by atoms with Crippen molar-refractivity contribution in [3.8, 4) is 11.4 Å². The summed E-state index contributed by atoms with van der Waals surface area (Å²) >= 11 is 0. The Hall–Kier alpha value is -1.99. The lowest BCUT2D eigenvalue weighted by Crippen LogP contribution is -2.06. The molecule has 0 saturated heterocycles. The van der Waals surface area contributed by atoms with E-state index in [0.29, 0.717) is 11.5 Å². The van der Waals surface area contributed by atoms with Gasteiger partial charge in [0, 0.05) is 20.2 Å². The lowest BCUT2D eigenvalue weighted by Gasteiger charge is -1.98. The largest absolute Gasteiger partial charge is 0.435 e. The van der Waals surface area contributed by atoms with Gasteiger partial charge in [-0.1, -0.05) is 0 Å². The number of rotatable bonds is 1. The molecule has 17 heavy (non-hydrogen) atoms. The number of aryl methyl sites for hydroxylation is 2. The van der Waals surface area contributed by atoms with Crippen LogP contribution < -0.4 is 5.73 Å². The standard InChI is InChI=1S/C9H10F3N5/c1-16-6(4-7(15-16)9(10,11)12)5-3-8(13)17(2)14-5/h3-4H,13H2,1-2H3. The highest BCUT2D eigenvalue weighted by Crippen LogP contribution is 2.31. The molecule has 0 radical (unpaired) electrons. The van der Waals surface area contributed by atoms with Crippen molar-refractivity contribution in [2.45, 2.75) is 6.18 Å². The van der Waals surface area contributed by atoms with Crippen LogP contribution in [0, 0.1) is 0 Å². The fraction of sp³-hybridized carbons (Fsp3) is 0.333. The highest BCUT2D eigenvalue weighted by molar-refractivity contribution is 5.59. The topological polar surface area (TPSA) is 61.7 Å². The van der Waals surface area contributed by atoms with Crippen LogP contribution in [0.5, 0.6) is 0 Å². The lowest BCUT2D eigenvalue weighted by atomic mass is 10.3. The first-order valence-electron chi connectivity index (χ1n) is 4.70. The number of anilines is 1. The van der Waals surface area contributed by atoms with Gasteiger partial charge in [0.1, 0.15) is 11.5 Å². The van der Waals surface area contributed by atoms with E-state index in [-0.39, 0.29) is 5.69 Å². The summed E-state index contributed by atoms with van der Waals surface area (Å²) in [5.74, 6) is 0.370. The Kier molecular flexibility index (Phi) is 2.37. The number of aromatic nitrogens is 4. The number of hydrogen-bond acceptors (Lipinski definition) is 3. The minimum atomic E-state index is -4.46. The molecule has 0 aliphatic heterocycles. The summed E-state index contributed by atoms with van der Waals surface area (Å²) in [4.78, 5) is 0. The van der Waals surface area contributed by atoms with Crippen molar-refractivity contribution in [1.82, 2.24) is 19.6 Å². The Morgan fingerprint density at radius 2 is 1.76 bits per heavy atom. The molecule has 5 nitrogen and oxygen atoms in total. The molecule has 0 aromatic carbocycles. The van der Waals surface area contributed by atoms with Crippen LogP contribution in [0.3, 0.4) is 0 Å². The predicted molar refractivity (Wildman–Crippen MR) is 54.8 cm³/mol. The second-order valence-electron chi connectivity index (χ2n) is 3.61. The van der Waals surface area contributed by atoms with Crippen LogP contribution in [0.4, 0.5) is 19.0 Å². The molecule has 2 aromatic rings. The molecule has 0 aliphatic rings. The third-order valence-corrected chi connectivity index (χ3v) is 2.35. The third kappa shape index (κ3) is 1.97. The van der Waals surface area contributed by atoms with Crippen LogP contribution in [-0.2, 0) is 20.3 Å². The van der Waals surface area contributed by atoms with E-state index in [1.165, 1.54) is 17.8 Å². The van der Waals surface area contributed by atoms with Gasteiger partial charge in [0.15, 0.2) is 5.69 Å². The van der Waals surface area contributed by atoms with Crippen molar-refractivity contribution in [3.63, 3.8) is 0 Å². The van der Waals surface area contributed by atoms with Gasteiger partial charge in [-0.15, -0.1) is 0 Å². The average Bonchev–Trinajstić information content (AvgIpc) is 2.71. The van der Waals surface area contributed by atoms with Crippen molar-refractivity contribution >= 4 is 5.82 Å². The third-order valence-electron chi connectivity index (χ3n) is 2.35. The monoisotopic (exact) mass is 245 g/mol. The Morgan fingerprint density at radius 1 is 1.12 bits per heavy atom. The van der Waals surface area contributed by atoms with Crippen LogP contribution in [-0.4, -0.2) is 19.6 Å². The van der Waals surface area contributed by atoms with E-state index in [1.54, 1.807) is 7.05 Å². The van der Waals surface area contributed by atoms with E-state index in [0.717, 1.165) is 10.7 Å². The maximum Gasteiger partial charge on any atom is 0.435 e. The molecule has 92 valence electrons. The van der Waals surface area contributed by atoms with E-state index in [1.807, 2.05) is 0 Å². The molecule has 0 atom stereocenters. The second kappa shape index (κ2) is 3.51. The molecule has 2 aromatic heterocycles. The van der Waals surface area contributed by atoms with Gasteiger partial charge in [-0.3, -0.25) is 9.36 Å². The SMILES string of the molecule is Cn1nc(-c2cc(C(F)(F)F)nn2C)cc1N. The van der Waals surface area contributed by atoms with E-state index < -0.39 is 11.9 Å². The molecule has 0 bridgehead atoms. The number of halogens is 3. The average molecular weight is 245 g/mol. The first kappa shape index (κ1) is 11.5. The van der Waals surface area contributed by atoms with Gasteiger partial charge in [0.05, 0.1) is 5.69 Å². The van der Waals surface area contributed by atoms with Crippen LogP contribution in [0.25, 0.3) is 11.4 Å². The number of hydrogen-bond donors (Lipinski definition) is 1. The van der Waals surface area contributed by atoms with Gasteiger partial charge >= 0.3 is 6.18 Å². The zero-order chi connectivity index (χ0) is 12.8. The molecule has 0 saturated carbocycles. The van der Waals surface area contributed by atoms with Crippen LogP contribution in [0.1, 0.15) is 5.69 Å². The minimum absolute atomic E-state index is 0.268. The van der Waals surface area contributed by atoms with Crippen molar-refractivity contribution in [2.75, 3.05) is 5.73 Å². The minimum Gasteiger partial charge on any atom is -0.384 e. The molecule has 2 N–H and O–H groups in total. The lowest BCUT2D eigenvalue weighted by molar-refractivity contribution is -0.141. The Labute approximate surface area is 94.6 Å². The molecule has 2 rings (SSSR count). The fourth-order valence-corrected chi connectivity index (χ4v) is 1.45. The normalized spacial score (nSPS) is 12.1.